The number of carbonyl (C=O) groups is 1. The Morgan fingerprint density at radius 3 is 2.56 bits per heavy atom. The lowest BCUT2D eigenvalue weighted by molar-refractivity contribution is 0.0951. The van der Waals surface area contributed by atoms with Gasteiger partial charge in [-0.25, -0.2) is 0 Å². The minimum absolute atomic E-state index is 0.192. The zero-order valence-electron chi connectivity index (χ0n) is 14.1. The van der Waals surface area contributed by atoms with Gasteiger partial charge in [0.2, 0.25) is 0 Å². The average molecular weight is 337 g/mol. The van der Waals surface area contributed by atoms with Crippen molar-refractivity contribution in [3.63, 3.8) is 0 Å². The van der Waals surface area contributed by atoms with Crippen molar-refractivity contribution < 1.29 is 14.3 Å². The summed E-state index contributed by atoms with van der Waals surface area (Å²) < 4.78 is 10.3. The average Bonchev–Trinajstić information content (AvgIpc) is 3.16. The van der Waals surface area contributed by atoms with E-state index in [1.807, 2.05) is 48.5 Å². The predicted octanol–water partition coefficient (Wildman–Crippen LogP) is 3.02. The summed E-state index contributed by atoms with van der Waals surface area (Å²) in [5.74, 6) is 1.32. The van der Waals surface area contributed by atoms with E-state index in [1.165, 1.54) is 6.20 Å². The maximum Gasteiger partial charge on any atom is 0.255 e. The van der Waals surface area contributed by atoms with Crippen molar-refractivity contribution in [3.8, 4) is 22.8 Å². The van der Waals surface area contributed by atoms with Crippen LogP contribution in [0.15, 0.2) is 54.7 Å². The van der Waals surface area contributed by atoms with Gasteiger partial charge in [0.1, 0.15) is 11.5 Å². The lowest BCUT2D eigenvalue weighted by Crippen LogP contribution is -2.23. The van der Waals surface area contributed by atoms with Crippen molar-refractivity contribution in [3.05, 3.63) is 65.9 Å². The highest BCUT2D eigenvalue weighted by atomic mass is 16.5. The molecule has 0 aliphatic rings. The molecule has 0 fully saturated rings. The third-order valence-electron chi connectivity index (χ3n) is 3.85. The van der Waals surface area contributed by atoms with Crippen LogP contribution in [0, 0.1) is 0 Å². The molecule has 1 heterocycles. The van der Waals surface area contributed by atoms with Crippen LogP contribution in [0.2, 0.25) is 0 Å². The minimum atomic E-state index is -0.192. The molecule has 1 amide bonds. The summed E-state index contributed by atoms with van der Waals surface area (Å²) in [5.41, 5.74) is 2.99. The Morgan fingerprint density at radius 1 is 1.08 bits per heavy atom. The Hall–Kier alpha value is -3.28. The molecule has 2 N–H and O–H groups in total. The molecular formula is C19H19N3O3. The molecule has 6 heteroatoms. The number of benzene rings is 2. The quantitative estimate of drug-likeness (QED) is 0.725. The first-order valence-electron chi connectivity index (χ1n) is 7.80. The zero-order valence-corrected chi connectivity index (χ0v) is 14.1. The summed E-state index contributed by atoms with van der Waals surface area (Å²) in [5, 5.41) is 9.80. The van der Waals surface area contributed by atoms with Gasteiger partial charge >= 0.3 is 0 Å². The second-order valence-electron chi connectivity index (χ2n) is 5.42. The number of H-pyrrole nitrogens is 1. The molecule has 25 heavy (non-hydrogen) atoms. The summed E-state index contributed by atoms with van der Waals surface area (Å²) in [4.78, 5) is 12.5. The smallest absolute Gasteiger partial charge is 0.255 e. The number of rotatable bonds is 6. The first-order chi connectivity index (χ1) is 12.2. The number of aromatic nitrogens is 2. The van der Waals surface area contributed by atoms with Crippen molar-refractivity contribution in [1.29, 1.82) is 0 Å². The fraction of sp³-hybridized carbons (Fsp3) is 0.158. The van der Waals surface area contributed by atoms with E-state index < -0.39 is 0 Å². The van der Waals surface area contributed by atoms with Crippen molar-refractivity contribution >= 4 is 5.91 Å². The number of hydrogen-bond donors (Lipinski definition) is 2. The molecule has 3 aromatic rings. The van der Waals surface area contributed by atoms with Crippen LogP contribution in [0.4, 0.5) is 0 Å². The number of aromatic amines is 1. The van der Waals surface area contributed by atoms with Gasteiger partial charge in [-0.15, -0.1) is 0 Å². The number of amides is 1. The Bertz CT molecular complexity index is 856. The molecule has 0 atom stereocenters. The van der Waals surface area contributed by atoms with E-state index in [2.05, 4.69) is 15.5 Å². The Balaban J connectivity index is 1.73. The van der Waals surface area contributed by atoms with Crippen LogP contribution in [-0.2, 0) is 6.54 Å². The van der Waals surface area contributed by atoms with E-state index in [0.29, 0.717) is 17.8 Å². The molecule has 1 aromatic heterocycles. The fourth-order valence-corrected chi connectivity index (χ4v) is 2.50. The number of nitrogens with one attached hydrogen (secondary N) is 2. The van der Waals surface area contributed by atoms with E-state index in [1.54, 1.807) is 14.2 Å². The van der Waals surface area contributed by atoms with Crippen molar-refractivity contribution in [2.45, 2.75) is 6.54 Å². The van der Waals surface area contributed by atoms with E-state index in [9.17, 15) is 4.79 Å². The van der Waals surface area contributed by atoms with Crippen molar-refractivity contribution in [2.24, 2.45) is 0 Å². The third-order valence-corrected chi connectivity index (χ3v) is 3.85. The van der Waals surface area contributed by atoms with Gasteiger partial charge in [0, 0.05) is 12.1 Å². The number of carbonyl (C=O) groups excluding carboxylic acids is 1. The van der Waals surface area contributed by atoms with E-state index in [4.69, 9.17) is 9.47 Å². The first kappa shape index (κ1) is 16.6. The fourth-order valence-electron chi connectivity index (χ4n) is 2.50. The lowest BCUT2D eigenvalue weighted by Gasteiger charge is -2.08. The molecule has 0 spiro atoms. The summed E-state index contributed by atoms with van der Waals surface area (Å²) in [7, 11) is 3.23. The van der Waals surface area contributed by atoms with Gasteiger partial charge in [-0.3, -0.25) is 9.89 Å². The Morgan fingerprint density at radius 2 is 1.84 bits per heavy atom. The van der Waals surface area contributed by atoms with Crippen LogP contribution in [0.25, 0.3) is 11.3 Å². The Labute approximate surface area is 145 Å². The number of methoxy groups -OCH3 is 2. The highest BCUT2D eigenvalue weighted by Crippen LogP contribution is 2.23. The van der Waals surface area contributed by atoms with Gasteiger partial charge in [0.25, 0.3) is 5.91 Å². The van der Waals surface area contributed by atoms with Crippen LogP contribution in [0.3, 0.4) is 0 Å². The molecule has 0 aliphatic carbocycles. The van der Waals surface area contributed by atoms with E-state index in [0.717, 1.165) is 22.6 Å². The molecule has 3 rings (SSSR count). The summed E-state index contributed by atoms with van der Waals surface area (Å²) >= 11 is 0. The molecule has 0 saturated heterocycles. The number of hydrogen-bond acceptors (Lipinski definition) is 4. The highest BCUT2D eigenvalue weighted by Gasteiger charge is 2.15. The second kappa shape index (κ2) is 7.53. The molecule has 0 saturated carbocycles. The largest absolute Gasteiger partial charge is 0.497 e. The van der Waals surface area contributed by atoms with Gasteiger partial charge in [-0.1, -0.05) is 12.1 Å². The third kappa shape index (κ3) is 3.80. The van der Waals surface area contributed by atoms with E-state index >= 15 is 0 Å². The predicted molar refractivity (Wildman–Crippen MR) is 94.7 cm³/mol. The van der Waals surface area contributed by atoms with Crippen LogP contribution in [0.1, 0.15) is 15.9 Å². The molecule has 128 valence electrons. The molecule has 0 aliphatic heterocycles. The summed E-state index contributed by atoms with van der Waals surface area (Å²) in [6, 6.07) is 15.0. The topological polar surface area (TPSA) is 76.2 Å². The molecular weight excluding hydrogens is 318 g/mol. The van der Waals surface area contributed by atoms with Gasteiger partial charge in [-0.2, -0.15) is 5.10 Å². The molecule has 0 bridgehead atoms. The monoisotopic (exact) mass is 337 g/mol. The summed E-state index contributed by atoms with van der Waals surface area (Å²) in [6.07, 6.45) is 1.53. The van der Waals surface area contributed by atoms with Crippen LogP contribution < -0.4 is 14.8 Å². The summed E-state index contributed by atoms with van der Waals surface area (Å²) in [6.45, 7) is 0.406. The Kier molecular flexibility index (Phi) is 4.99. The maximum atomic E-state index is 12.5. The molecule has 0 radical (unpaired) electrons. The first-order valence-corrected chi connectivity index (χ1v) is 7.80. The molecule has 0 unspecified atom stereocenters. The highest BCUT2D eigenvalue weighted by molar-refractivity contribution is 5.99. The minimum Gasteiger partial charge on any atom is -0.497 e. The van der Waals surface area contributed by atoms with Gasteiger partial charge in [0.15, 0.2) is 0 Å². The second-order valence-corrected chi connectivity index (χ2v) is 5.42. The SMILES string of the molecule is COc1ccc(-c2[nH]ncc2C(=O)NCc2cccc(OC)c2)cc1. The van der Waals surface area contributed by atoms with Gasteiger partial charge < -0.3 is 14.8 Å². The maximum absolute atomic E-state index is 12.5. The molecule has 6 nitrogen and oxygen atoms in total. The van der Waals surface area contributed by atoms with Crippen LogP contribution in [0.5, 0.6) is 11.5 Å². The zero-order chi connectivity index (χ0) is 17.6. The number of nitrogens with zero attached hydrogens (tertiary/aromatic N) is 1. The lowest BCUT2D eigenvalue weighted by atomic mass is 10.1. The van der Waals surface area contributed by atoms with Gasteiger partial charge in [-0.05, 0) is 42.0 Å². The standard InChI is InChI=1S/C19H19N3O3/c1-24-15-8-6-14(7-9-15)18-17(12-21-22-18)19(23)20-11-13-4-3-5-16(10-13)25-2/h3-10,12H,11H2,1-2H3,(H,20,23)(H,21,22). The van der Waals surface area contributed by atoms with Crippen molar-refractivity contribution in [2.75, 3.05) is 14.2 Å². The van der Waals surface area contributed by atoms with Crippen LogP contribution >= 0.6 is 0 Å². The molecule has 2 aromatic carbocycles. The normalized spacial score (nSPS) is 10.3. The van der Waals surface area contributed by atoms with E-state index in [-0.39, 0.29) is 5.91 Å². The number of ether oxygens (including phenoxy) is 2. The van der Waals surface area contributed by atoms with Gasteiger partial charge in [0.05, 0.1) is 31.7 Å². The van der Waals surface area contributed by atoms with Crippen LogP contribution in [-0.4, -0.2) is 30.3 Å². The van der Waals surface area contributed by atoms with Crippen molar-refractivity contribution in [1.82, 2.24) is 15.5 Å².